The minimum atomic E-state index is 0.556. The van der Waals surface area contributed by atoms with Gasteiger partial charge in [0.2, 0.25) is 0 Å². The molecule has 0 heteroatoms. The van der Waals surface area contributed by atoms with E-state index in [2.05, 4.69) is 49.4 Å². The third-order valence-corrected chi connectivity index (χ3v) is 5.25. The molecule has 0 heterocycles. The lowest BCUT2D eigenvalue weighted by atomic mass is 9.65. The second-order valence-corrected chi connectivity index (χ2v) is 5.83. The minimum Gasteiger partial charge on any atom is -0.0814 e. The SMILES string of the molecule is C[C@H]1[C@H](c2ccccc2)C23C=CC1(C2)C3. The fraction of sp³-hybridized carbons (Fsp3) is 0.467. The van der Waals surface area contributed by atoms with E-state index in [1.807, 2.05) is 0 Å². The zero-order valence-electron chi connectivity index (χ0n) is 9.11. The fourth-order valence-electron chi connectivity index (χ4n) is 4.65. The molecule has 76 valence electrons. The highest BCUT2D eigenvalue weighted by Crippen LogP contribution is 2.80. The predicted molar refractivity (Wildman–Crippen MR) is 61.6 cm³/mol. The molecule has 15 heavy (non-hydrogen) atoms. The molecular weight excluding hydrogens is 180 g/mol. The summed E-state index contributed by atoms with van der Waals surface area (Å²) in [5, 5.41) is 0. The molecule has 0 N–H and O–H groups in total. The summed E-state index contributed by atoms with van der Waals surface area (Å²) in [6, 6.07) is 11.1. The maximum atomic E-state index is 2.52. The molecule has 2 atom stereocenters. The van der Waals surface area contributed by atoms with E-state index in [0.29, 0.717) is 10.8 Å². The van der Waals surface area contributed by atoms with Gasteiger partial charge in [-0.3, -0.25) is 0 Å². The van der Waals surface area contributed by atoms with Crippen LogP contribution in [0.5, 0.6) is 0 Å². The monoisotopic (exact) mass is 196 g/mol. The van der Waals surface area contributed by atoms with Crippen LogP contribution in [0.1, 0.15) is 31.2 Å². The van der Waals surface area contributed by atoms with Crippen LogP contribution in [0.2, 0.25) is 0 Å². The van der Waals surface area contributed by atoms with E-state index < -0.39 is 0 Å². The molecule has 5 aliphatic rings. The minimum absolute atomic E-state index is 0.556. The molecular formula is C15H16. The normalized spacial score (nSPS) is 49.4. The Balaban J connectivity index is 1.85. The summed E-state index contributed by atoms with van der Waals surface area (Å²) >= 11 is 0. The highest BCUT2D eigenvalue weighted by molar-refractivity contribution is 5.44. The number of fused-ring (bicyclic) bond motifs is 1. The van der Waals surface area contributed by atoms with Crippen LogP contribution in [-0.4, -0.2) is 0 Å². The number of benzene rings is 1. The summed E-state index contributed by atoms with van der Waals surface area (Å²) < 4.78 is 0. The van der Waals surface area contributed by atoms with Gasteiger partial charge in [0, 0.05) is 0 Å². The molecule has 3 saturated carbocycles. The summed E-state index contributed by atoms with van der Waals surface area (Å²) in [6.45, 7) is 2.45. The van der Waals surface area contributed by atoms with Crippen molar-refractivity contribution in [3.05, 3.63) is 48.0 Å². The van der Waals surface area contributed by atoms with Crippen LogP contribution in [0.4, 0.5) is 0 Å². The average molecular weight is 196 g/mol. The van der Waals surface area contributed by atoms with Gasteiger partial charge >= 0.3 is 0 Å². The first-order chi connectivity index (χ1) is 7.26. The molecule has 2 bridgehead atoms. The van der Waals surface area contributed by atoms with Crippen LogP contribution >= 0.6 is 0 Å². The third-order valence-electron chi connectivity index (χ3n) is 5.25. The van der Waals surface area contributed by atoms with Crippen LogP contribution in [0, 0.1) is 16.7 Å². The van der Waals surface area contributed by atoms with Crippen molar-refractivity contribution in [2.45, 2.75) is 25.7 Å². The molecule has 5 aliphatic carbocycles. The van der Waals surface area contributed by atoms with Crippen LogP contribution in [0.15, 0.2) is 42.5 Å². The van der Waals surface area contributed by atoms with E-state index in [0.717, 1.165) is 11.8 Å². The molecule has 1 aromatic carbocycles. The van der Waals surface area contributed by atoms with Gasteiger partial charge < -0.3 is 0 Å². The number of hydrogen-bond donors (Lipinski definition) is 0. The first-order valence-corrected chi connectivity index (χ1v) is 6.01. The van der Waals surface area contributed by atoms with Crippen molar-refractivity contribution in [1.82, 2.24) is 0 Å². The highest BCUT2D eigenvalue weighted by Gasteiger charge is 2.71. The molecule has 0 saturated heterocycles. The van der Waals surface area contributed by atoms with Gasteiger partial charge in [0.05, 0.1) is 0 Å². The van der Waals surface area contributed by atoms with Crippen molar-refractivity contribution >= 4 is 0 Å². The molecule has 0 aliphatic heterocycles. The van der Waals surface area contributed by atoms with Crippen LogP contribution in [0.3, 0.4) is 0 Å². The van der Waals surface area contributed by atoms with Gasteiger partial charge in [0.1, 0.15) is 0 Å². The van der Waals surface area contributed by atoms with Gasteiger partial charge in [-0.1, -0.05) is 49.4 Å². The molecule has 0 radical (unpaired) electrons. The Morgan fingerprint density at radius 1 is 1.00 bits per heavy atom. The van der Waals surface area contributed by atoms with Crippen LogP contribution in [0.25, 0.3) is 0 Å². The van der Waals surface area contributed by atoms with E-state index in [1.165, 1.54) is 12.8 Å². The topological polar surface area (TPSA) is 0 Å². The van der Waals surface area contributed by atoms with Gasteiger partial charge in [0.15, 0.2) is 0 Å². The zero-order chi connectivity index (χ0) is 10.1. The Morgan fingerprint density at radius 3 is 2.27 bits per heavy atom. The summed E-state index contributed by atoms with van der Waals surface area (Å²) in [4.78, 5) is 0. The lowest BCUT2D eigenvalue weighted by Gasteiger charge is -2.39. The van der Waals surface area contributed by atoms with Gasteiger partial charge in [-0.25, -0.2) is 0 Å². The number of allylic oxidation sites excluding steroid dienone is 2. The Bertz CT molecular complexity index is 434. The molecule has 0 amide bonds. The van der Waals surface area contributed by atoms with E-state index >= 15 is 0 Å². The van der Waals surface area contributed by atoms with Gasteiger partial charge in [0.25, 0.3) is 0 Å². The second-order valence-electron chi connectivity index (χ2n) is 5.83. The smallest absolute Gasteiger partial charge is 0.00298 e. The Kier molecular flexibility index (Phi) is 1.20. The molecule has 6 rings (SSSR count). The van der Waals surface area contributed by atoms with Crippen molar-refractivity contribution in [1.29, 1.82) is 0 Å². The number of rotatable bonds is 1. The lowest BCUT2D eigenvalue weighted by molar-refractivity contribution is 0.150. The van der Waals surface area contributed by atoms with Crippen molar-refractivity contribution in [3.8, 4) is 0 Å². The molecule has 0 unspecified atom stereocenters. The quantitative estimate of drug-likeness (QED) is 0.600. The van der Waals surface area contributed by atoms with Crippen molar-refractivity contribution < 1.29 is 0 Å². The van der Waals surface area contributed by atoms with Gasteiger partial charge in [-0.2, -0.15) is 0 Å². The average Bonchev–Trinajstić information content (AvgIpc) is 2.86. The third kappa shape index (κ3) is 0.737. The first kappa shape index (κ1) is 8.15. The summed E-state index contributed by atoms with van der Waals surface area (Å²) in [7, 11) is 0. The molecule has 0 spiro atoms. The summed E-state index contributed by atoms with van der Waals surface area (Å²) in [5.74, 6) is 1.65. The molecule has 0 nitrogen and oxygen atoms in total. The van der Waals surface area contributed by atoms with E-state index in [1.54, 1.807) is 5.56 Å². The van der Waals surface area contributed by atoms with E-state index in [-0.39, 0.29) is 0 Å². The molecule has 3 fully saturated rings. The van der Waals surface area contributed by atoms with Gasteiger partial charge in [-0.05, 0) is 41.1 Å². The largest absolute Gasteiger partial charge is 0.0814 e. The predicted octanol–water partition coefficient (Wildman–Crippen LogP) is 3.76. The van der Waals surface area contributed by atoms with Gasteiger partial charge in [-0.15, -0.1) is 0 Å². The van der Waals surface area contributed by atoms with Crippen molar-refractivity contribution in [3.63, 3.8) is 0 Å². The number of hydrogen-bond acceptors (Lipinski definition) is 0. The molecule has 0 aromatic heterocycles. The maximum Gasteiger partial charge on any atom is -0.00298 e. The zero-order valence-corrected chi connectivity index (χ0v) is 9.11. The van der Waals surface area contributed by atoms with Crippen molar-refractivity contribution in [2.75, 3.05) is 0 Å². The summed E-state index contributed by atoms with van der Waals surface area (Å²) in [6.07, 6.45) is 7.89. The maximum absolute atomic E-state index is 2.52. The Hall–Kier alpha value is -1.04. The van der Waals surface area contributed by atoms with E-state index in [4.69, 9.17) is 0 Å². The first-order valence-electron chi connectivity index (χ1n) is 6.01. The Morgan fingerprint density at radius 2 is 1.67 bits per heavy atom. The Labute approximate surface area is 91.0 Å². The van der Waals surface area contributed by atoms with E-state index in [9.17, 15) is 0 Å². The highest BCUT2D eigenvalue weighted by atomic mass is 14.7. The standard InChI is InChI=1S/C15H16/c1-11-13(12-5-3-2-4-6-12)15-8-7-14(11,9-15)10-15/h2-8,11,13H,9-10H2,1H3/t11-,13+,14?,15?/m0/s1. The van der Waals surface area contributed by atoms with Crippen LogP contribution in [-0.2, 0) is 0 Å². The second kappa shape index (κ2) is 2.21. The molecule has 1 aromatic rings. The van der Waals surface area contributed by atoms with Crippen molar-refractivity contribution in [2.24, 2.45) is 16.7 Å². The van der Waals surface area contributed by atoms with Crippen LogP contribution < -0.4 is 0 Å². The summed E-state index contributed by atoms with van der Waals surface area (Å²) in [5.41, 5.74) is 2.72. The fourth-order valence-corrected chi connectivity index (χ4v) is 4.65. The lowest BCUT2D eigenvalue weighted by Crippen LogP contribution is -2.30.